The highest BCUT2D eigenvalue weighted by Gasteiger charge is 2.34. The van der Waals surface area contributed by atoms with Gasteiger partial charge in [0.25, 0.3) is 0 Å². The minimum atomic E-state index is -0.662. The van der Waals surface area contributed by atoms with Crippen molar-refractivity contribution < 1.29 is 9.90 Å². The van der Waals surface area contributed by atoms with E-state index in [4.69, 9.17) is 5.11 Å². The summed E-state index contributed by atoms with van der Waals surface area (Å²) >= 11 is 0. The third-order valence-electron chi connectivity index (χ3n) is 5.11. The van der Waals surface area contributed by atoms with E-state index >= 15 is 0 Å². The van der Waals surface area contributed by atoms with Crippen LogP contribution < -0.4 is 0 Å². The van der Waals surface area contributed by atoms with Crippen molar-refractivity contribution in [3.05, 3.63) is 12.2 Å². The summed E-state index contributed by atoms with van der Waals surface area (Å²) in [6, 6.07) is 0. The molecule has 0 radical (unpaired) electrons. The molecule has 0 amide bonds. The Hall–Kier alpha value is -0.790. The lowest BCUT2D eigenvalue weighted by Crippen LogP contribution is -1.93. The normalized spacial score (nSPS) is 20.2. The van der Waals surface area contributed by atoms with E-state index in [1.54, 1.807) is 0 Å². The van der Waals surface area contributed by atoms with Gasteiger partial charge in [-0.15, -0.1) is 0 Å². The predicted octanol–water partition coefficient (Wildman–Crippen LogP) is 6.74. The first-order valence-corrected chi connectivity index (χ1v) is 10.1. The van der Waals surface area contributed by atoms with E-state index in [1.807, 2.05) is 0 Å². The molecule has 0 aromatic carbocycles. The summed E-state index contributed by atoms with van der Waals surface area (Å²) in [7, 11) is 0. The maximum absolute atomic E-state index is 10.4. The zero-order chi connectivity index (χ0) is 16.8. The number of carboxylic acids is 1. The fourth-order valence-corrected chi connectivity index (χ4v) is 3.42. The van der Waals surface area contributed by atoms with Gasteiger partial charge in [-0.05, 0) is 43.9 Å². The average molecular weight is 323 g/mol. The second kappa shape index (κ2) is 13.6. The maximum atomic E-state index is 10.4. The monoisotopic (exact) mass is 322 g/mol. The molecule has 1 fully saturated rings. The number of hydrogen-bond donors (Lipinski definition) is 1. The second-order valence-electron chi connectivity index (χ2n) is 7.37. The van der Waals surface area contributed by atoms with Crippen LogP contribution in [-0.2, 0) is 4.79 Å². The molecule has 2 heteroatoms. The van der Waals surface area contributed by atoms with Crippen molar-refractivity contribution in [2.24, 2.45) is 11.8 Å². The highest BCUT2D eigenvalue weighted by molar-refractivity contribution is 5.66. The Bertz CT molecular complexity index is 322. The summed E-state index contributed by atoms with van der Waals surface area (Å²) in [6.07, 6.45) is 23.3. The van der Waals surface area contributed by atoms with Gasteiger partial charge in [-0.2, -0.15) is 0 Å². The Balaban J connectivity index is 1.81. The number of unbranched alkanes of at least 4 members (excludes halogenated alkanes) is 9. The Labute approximate surface area is 143 Å². The van der Waals surface area contributed by atoms with E-state index in [1.165, 1.54) is 77.0 Å². The van der Waals surface area contributed by atoms with Gasteiger partial charge in [0.05, 0.1) is 0 Å². The third-order valence-corrected chi connectivity index (χ3v) is 5.11. The molecule has 23 heavy (non-hydrogen) atoms. The van der Waals surface area contributed by atoms with Gasteiger partial charge in [0.2, 0.25) is 0 Å². The van der Waals surface area contributed by atoms with Crippen LogP contribution in [0.3, 0.4) is 0 Å². The summed E-state index contributed by atoms with van der Waals surface area (Å²) in [5.41, 5.74) is 0. The zero-order valence-electron chi connectivity index (χ0n) is 15.3. The van der Waals surface area contributed by atoms with Crippen molar-refractivity contribution in [2.45, 2.75) is 103 Å². The number of allylic oxidation sites excluding steroid dienone is 2. The number of hydrogen-bond acceptors (Lipinski definition) is 1. The van der Waals surface area contributed by atoms with E-state index in [2.05, 4.69) is 19.1 Å². The van der Waals surface area contributed by atoms with Crippen molar-refractivity contribution in [2.75, 3.05) is 0 Å². The van der Waals surface area contributed by atoms with Crippen LogP contribution in [0.5, 0.6) is 0 Å². The molecule has 134 valence electrons. The molecule has 0 aromatic rings. The van der Waals surface area contributed by atoms with Gasteiger partial charge < -0.3 is 5.11 Å². The molecule has 0 aliphatic heterocycles. The predicted molar refractivity (Wildman–Crippen MR) is 98.7 cm³/mol. The van der Waals surface area contributed by atoms with Gasteiger partial charge in [-0.25, -0.2) is 0 Å². The average Bonchev–Trinajstić information content (AvgIpc) is 3.27. The Morgan fingerprint density at radius 3 is 2.39 bits per heavy atom. The van der Waals surface area contributed by atoms with Gasteiger partial charge >= 0.3 is 5.97 Å². The van der Waals surface area contributed by atoms with Crippen LogP contribution >= 0.6 is 0 Å². The number of rotatable bonds is 16. The fraction of sp³-hybridized carbons (Fsp3) is 0.857. The summed E-state index contributed by atoms with van der Waals surface area (Å²) in [4.78, 5) is 10.4. The Morgan fingerprint density at radius 1 is 0.913 bits per heavy atom. The SMILES string of the molecule is CCCCCCCCC1CC1C/C=C\CCCCCCC(=O)O. The quantitative estimate of drug-likeness (QED) is 0.252. The zero-order valence-corrected chi connectivity index (χ0v) is 15.3. The summed E-state index contributed by atoms with van der Waals surface area (Å²) in [6.45, 7) is 2.28. The van der Waals surface area contributed by atoms with Crippen LogP contribution in [0, 0.1) is 11.8 Å². The maximum Gasteiger partial charge on any atom is 0.303 e. The lowest BCUT2D eigenvalue weighted by Gasteiger charge is -2.00. The number of carbonyl (C=O) groups is 1. The smallest absolute Gasteiger partial charge is 0.303 e. The van der Waals surface area contributed by atoms with Crippen molar-refractivity contribution in [1.29, 1.82) is 0 Å². The van der Waals surface area contributed by atoms with Crippen molar-refractivity contribution >= 4 is 5.97 Å². The molecular formula is C21H38O2. The molecular weight excluding hydrogens is 284 g/mol. The molecule has 1 aliphatic rings. The largest absolute Gasteiger partial charge is 0.481 e. The number of aliphatic carboxylic acids is 1. The van der Waals surface area contributed by atoms with E-state index in [0.29, 0.717) is 6.42 Å². The topological polar surface area (TPSA) is 37.3 Å². The van der Waals surface area contributed by atoms with Gasteiger partial charge in [-0.3, -0.25) is 4.79 Å². The molecule has 1 aliphatic carbocycles. The summed E-state index contributed by atoms with van der Waals surface area (Å²) < 4.78 is 0. The molecule has 0 spiro atoms. The molecule has 2 nitrogen and oxygen atoms in total. The number of carboxylic acid groups (broad SMARTS) is 1. The summed E-state index contributed by atoms with van der Waals surface area (Å²) in [5.74, 6) is 1.35. The first-order valence-electron chi connectivity index (χ1n) is 10.1. The molecule has 0 heterocycles. The highest BCUT2D eigenvalue weighted by Crippen LogP contribution is 2.45. The molecule has 2 atom stereocenters. The molecule has 1 saturated carbocycles. The minimum absolute atomic E-state index is 0.331. The van der Waals surface area contributed by atoms with Crippen LogP contribution in [-0.4, -0.2) is 11.1 Å². The first-order chi connectivity index (χ1) is 11.2. The molecule has 1 N–H and O–H groups in total. The van der Waals surface area contributed by atoms with Gasteiger partial charge in [-0.1, -0.05) is 76.9 Å². The van der Waals surface area contributed by atoms with E-state index in [9.17, 15) is 4.79 Å². The third kappa shape index (κ3) is 12.3. The molecule has 0 bridgehead atoms. The fourth-order valence-electron chi connectivity index (χ4n) is 3.42. The standard InChI is InChI=1S/C21H38O2/c1-2-3-4-5-9-12-15-19-18-20(19)16-13-10-7-6-8-11-14-17-21(22)23/h10,13,19-20H,2-9,11-12,14-18H2,1H3,(H,22,23)/b13-10-. The van der Waals surface area contributed by atoms with E-state index < -0.39 is 5.97 Å². The van der Waals surface area contributed by atoms with Crippen LogP contribution in [0.15, 0.2) is 12.2 Å². The highest BCUT2D eigenvalue weighted by atomic mass is 16.4. The van der Waals surface area contributed by atoms with Gasteiger partial charge in [0.1, 0.15) is 0 Å². The van der Waals surface area contributed by atoms with Gasteiger partial charge in [0.15, 0.2) is 0 Å². The van der Waals surface area contributed by atoms with Crippen LogP contribution in [0.1, 0.15) is 103 Å². The lowest BCUT2D eigenvalue weighted by atomic mass is 10.1. The minimum Gasteiger partial charge on any atom is -0.481 e. The van der Waals surface area contributed by atoms with Crippen molar-refractivity contribution in [3.8, 4) is 0 Å². The van der Waals surface area contributed by atoms with Gasteiger partial charge in [0, 0.05) is 6.42 Å². The molecule has 2 unspecified atom stereocenters. The van der Waals surface area contributed by atoms with E-state index in [-0.39, 0.29) is 0 Å². The van der Waals surface area contributed by atoms with Crippen LogP contribution in [0.4, 0.5) is 0 Å². The second-order valence-corrected chi connectivity index (χ2v) is 7.37. The van der Waals surface area contributed by atoms with E-state index in [0.717, 1.165) is 24.7 Å². The van der Waals surface area contributed by atoms with Crippen molar-refractivity contribution in [3.63, 3.8) is 0 Å². The molecule has 0 aromatic heterocycles. The summed E-state index contributed by atoms with van der Waals surface area (Å²) in [5, 5.41) is 8.56. The Morgan fingerprint density at radius 2 is 1.61 bits per heavy atom. The van der Waals surface area contributed by atoms with Crippen LogP contribution in [0.2, 0.25) is 0 Å². The van der Waals surface area contributed by atoms with Crippen molar-refractivity contribution in [1.82, 2.24) is 0 Å². The molecule has 1 rings (SSSR count). The Kier molecular flexibility index (Phi) is 12.0. The first kappa shape index (κ1) is 20.3. The van der Waals surface area contributed by atoms with Crippen LogP contribution in [0.25, 0.3) is 0 Å². The lowest BCUT2D eigenvalue weighted by molar-refractivity contribution is -0.137. The molecule has 0 saturated heterocycles.